The van der Waals surface area contributed by atoms with E-state index in [1.165, 1.54) is 24.1 Å². The average Bonchev–Trinajstić information content (AvgIpc) is 2.78. The number of rotatable bonds is 5. The zero-order valence-corrected chi connectivity index (χ0v) is 10.2. The number of ether oxygens (including phenoxy) is 1. The molecule has 0 saturated heterocycles. The summed E-state index contributed by atoms with van der Waals surface area (Å²) >= 11 is 0. The summed E-state index contributed by atoms with van der Waals surface area (Å²) in [6.45, 7) is 0.162. The van der Waals surface area contributed by atoms with Gasteiger partial charge >= 0.3 is 5.97 Å². The summed E-state index contributed by atoms with van der Waals surface area (Å²) in [4.78, 5) is 10.5. The van der Waals surface area contributed by atoms with Gasteiger partial charge < -0.3 is 9.84 Å². The summed E-state index contributed by atoms with van der Waals surface area (Å²) in [5, 5.41) is 16.1. The molecule has 0 fully saturated rings. The van der Waals surface area contributed by atoms with E-state index in [-0.39, 0.29) is 18.7 Å². The van der Waals surface area contributed by atoms with E-state index in [4.69, 9.17) is 9.84 Å². The Bertz CT molecular complexity index is 598. The van der Waals surface area contributed by atoms with Crippen molar-refractivity contribution in [2.24, 2.45) is 0 Å². The molecule has 0 saturated carbocycles. The number of halogens is 1. The van der Waals surface area contributed by atoms with Crippen LogP contribution in [0.2, 0.25) is 0 Å². The first-order valence-corrected chi connectivity index (χ1v) is 5.52. The van der Waals surface area contributed by atoms with E-state index in [0.717, 1.165) is 0 Å². The van der Waals surface area contributed by atoms with E-state index >= 15 is 0 Å². The standard InChI is InChI=1S/C12H12FN3O3/c1-19-10-4-2-3-8(12(10)13)6-16-7-9(14-15-16)5-11(17)18/h2-4,7H,5-6H2,1H3,(H,17,18). The monoisotopic (exact) mass is 265 g/mol. The third kappa shape index (κ3) is 3.06. The first kappa shape index (κ1) is 13.0. The zero-order valence-electron chi connectivity index (χ0n) is 10.2. The van der Waals surface area contributed by atoms with E-state index in [1.807, 2.05) is 0 Å². The number of methoxy groups -OCH3 is 1. The maximum Gasteiger partial charge on any atom is 0.309 e. The number of aliphatic carboxylic acids is 1. The molecule has 0 aliphatic rings. The topological polar surface area (TPSA) is 77.2 Å². The van der Waals surface area contributed by atoms with Gasteiger partial charge in [0, 0.05) is 11.8 Å². The van der Waals surface area contributed by atoms with Crippen LogP contribution in [0.15, 0.2) is 24.4 Å². The van der Waals surface area contributed by atoms with Crippen LogP contribution in [0.1, 0.15) is 11.3 Å². The van der Waals surface area contributed by atoms with Crippen LogP contribution in [0.3, 0.4) is 0 Å². The second-order valence-electron chi connectivity index (χ2n) is 3.91. The second kappa shape index (κ2) is 5.47. The lowest BCUT2D eigenvalue weighted by Gasteiger charge is -2.06. The molecule has 1 N–H and O–H groups in total. The van der Waals surface area contributed by atoms with Gasteiger partial charge in [-0.25, -0.2) is 9.07 Å². The molecular formula is C12H12FN3O3. The molecule has 7 heteroatoms. The average molecular weight is 265 g/mol. The highest BCUT2D eigenvalue weighted by atomic mass is 19.1. The lowest BCUT2D eigenvalue weighted by atomic mass is 10.2. The molecule has 0 unspecified atom stereocenters. The molecule has 2 rings (SSSR count). The summed E-state index contributed by atoms with van der Waals surface area (Å²) in [5.74, 6) is -1.29. The number of carboxylic acid groups (broad SMARTS) is 1. The molecule has 1 heterocycles. The molecule has 0 bridgehead atoms. The molecule has 1 aromatic heterocycles. The quantitative estimate of drug-likeness (QED) is 0.876. The van der Waals surface area contributed by atoms with Gasteiger partial charge in [-0.05, 0) is 6.07 Å². The minimum atomic E-state index is -0.986. The Morgan fingerprint density at radius 2 is 2.32 bits per heavy atom. The van der Waals surface area contributed by atoms with E-state index in [1.54, 1.807) is 12.1 Å². The van der Waals surface area contributed by atoms with Crippen molar-refractivity contribution in [1.82, 2.24) is 15.0 Å². The van der Waals surface area contributed by atoms with Crippen LogP contribution in [-0.4, -0.2) is 33.2 Å². The van der Waals surface area contributed by atoms with Crippen molar-refractivity contribution in [2.45, 2.75) is 13.0 Å². The fourth-order valence-electron chi connectivity index (χ4n) is 1.66. The minimum Gasteiger partial charge on any atom is -0.494 e. The third-order valence-corrected chi connectivity index (χ3v) is 2.51. The van der Waals surface area contributed by atoms with Crippen molar-refractivity contribution >= 4 is 5.97 Å². The highest BCUT2D eigenvalue weighted by molar-refractivity contribution is 5.69. The van der Waals surface area contributed by atoms with Crippen LogP contribution in [0.4, 0.5) is 4.39 Å². The number of hydrogen-bond donors (Lipinski definition) is 1. The third-order valence-electron chi connectivity index (χ3n) is 2.51. The Kier molecular flexibility index (Phi) is 3.74. The van der Waals surface area contributed by atoms with Crippen LogP contribution in [0, 0.1) is 5.82 Å². The van der Waals surface area contributed by atoms with Crippen molar-refractivity contribution in [3.8, 4) is 5.75 Å². The van der Waals surface area contributed by atoms with Gasteiger partial charge in [-0.15, -0.1) is 5.10 Å². The lowest BCUT2D eigenvalue weighted by molar-refractivity contribution is -0.136. The number of carbonyl (C=O) groups is 1. The van der Waals surface area contributed by atoms with Gasteiger partial charge in [-0.2, -0.15) is 0 Å². The smallest absolute Gasteiger partial charge is 0.309 e. The molecule has 0 aliphatic carbocycles. The molecule has 100 valence electrons. The molecule has 19 heavy (non-hydrogen) atoms. The number of hydrogen-bond acceptors (Lipinski definition) is 4. The number of nitrogens with zero attached hydrogens (tertiary/aromatic N) is 3. The summed E-state index contributed by atoms with van der Waals surface area (Å²) in [7, 11) is 1.39. The fraction of sp³-hybridized carbons (Fsp3) is 0.250. The fourth-order valence-corrected chi connectivity index (χ4v) is 1.66. The Morgan fingerprint density at radius 3 is 3.00 bits per heavy atom. The Morgan fingerprint density at radius 1 is 1.53 bits per heavy atom. The van der Waals surface area contributed by atoms with Crippen molar-refractivity contribution in [1.29, 1.82) is 0 Å². The molecule has 0 spiro atoms. The van der Waals surface area contributed by atoms with Gasteiger partial charge in [-0.1, -0.05) is 17.3 Å². The summed E-state index contributed by atoms with van der Waals surface area (Å²) < 4.78 is 20.2. The SMILES string of the molecule is COc1cccc(Cn2cc(CC(=O)O)nn2)c1F. The van der Waals surface area contributed by atoms with Crippen LogP contribution in [0.25, 0.3) is 0 Å². The first-order chi connectivity index (χ1) is 9.10. The first-order valence-electron chi connectivity index (χ1n) is 5.52. The molecule has 0 amide bonds. The van der Waals surface area contributed by atoms with Gasteiger partial charge in [0.05, 0.1) is 25.8 Å². The second-order valence-corrected chi connectivity index (χ2v) is 3.91. The maximum atomic E-state index is 13.9. The predicted octanol–water partition coefficient (Wildman–Crippen LogP) is 1.10. The molecular weight excluding hydrogens is 253 g/mol. The van der Waals surface area contributed by atoms with Crippen LogP contribution in [0.5, 0.6) is 5.75 Å². The molecule has 0 atom stereocenters. The van der Waals surface area contributed by atoms with Crippen LogP contribution < -0.4 is 4.74 Å². The number of carboxylic acids is 1. The van der Waals surface area contributed by atoms with Crippen molar-refractivity contribution in [3.05, 3.63) is 41.5 Å². The minimum absolute atomic E-state index is 0.156. The Balaban J connectivity index is 2.17. The van der Waals surface area contributed by atoms with Crippen molar-refractivity contribution in [3.63, 3.8) is 0 Å². The van der Waals surface area contributed by atoms with Crippen molar-refractivity contribution in [2.75, 3.05) is 7.11 Å². The zero-order chi connectivity index (χ0) is 13.8. The van der Waals surface area contributed by atoms with Gasteiger partial charge in [-0.3, -0.25) is 4.79 Å². The van der Waals surface area contributed by atoms with Crippen molar-refractivity contribution < 1.29 is 19.0 Å². The molecule has 0 radical (unpaired) electrons. The normalized spacial score (nSPS) is 10.4. The van der Waals surface area contributed by atoms with Crippen LogP contribution >= 0.6 is 0 Å². The van der Waals surface area contributed by atoms with Crippen LogP contribution in [-0.2, 0) is 17.8 Å². The molecule has 1 aromatic carbocycles. The van der Waals surface area contributed by atoms with E-state index in [0.29, 0.717) is 11.3 Å². The molecule has 0 aliphatic heterocycles. The number of aromatic nitrogens is 3. The largest absolute Gasteiger partial charge is 0.494 e. The van der Waals surface area contributed by atoms with E-state index < -0.39 is 11.8 Å². The molecule has 6 nitrogen and oxygen atoms in total. The number of benzene rings is 1. The van der Waals surface area contributed by atoms with Gasteiger partial charge in [0.1, 0.15) is 0 Å². The van der Waals surface area contributed by atoms with Gasteiger partial charge in [0.25, 0.3) is 0 Å². The Hall–Kier alpha value is -2.44. The van der Waals surface area contributed by atoms with E-state index in [9.17, 15) is 9.18 Å². The summed E-state index contributed by atoms with van der Waals surface area (Å²) in [5.41, 5.74) is 0.724. The van der Waals surface area contributed by atoms with E-state index in [2.05, 4.69) is 10.3 Å². The predicted molar refractivity (Wildman–Crippen MR) is 63.4 cm³/mol. The van der Waals surface area contributed by atoms with Gasteiger partial charge in [0.15, 0.2) is 11.6 Å². The highest BCUT2D eigenvalue weighted by Crippen LogP contribution is 2.20. The highest BCUT2D eigenvalue weighted by Gasteiger charge is 2.11. The Labute approximate surface area is 108 Å². The summed E-state index contributed by atoms with van der Waals surface area (Å²) in [6, 6.07) is 4.80. The maximum absolute atomic E-state index is 13.9. The van der Waals surface area contributed by atoms with Gasteiger partial charge in [0.2, 0.25) is 0 Å². The lowest BCUT2D eigenvalue weighted by Crippen LogP contribution is -2.04. The summed E-state index contributed by atoms with van der Waals surface area (Å²) in [6.07, 6.45) is 1.27. The molecule has 2 aromatic rings.